The fraction of sp³-hybridized carbons (Fsp3) is 0.233. The van der Waals surface area contributed by atoms with Crippen molar-refractivity contribution in [2.75, 3.05) is 6.61 Å². The van der Waals surface area contributed by atoms with Crippen LogP contribution in [0.4, 0.5) is 0 Å². The summed E-state index contributed by atoms with van der Waals surface area (Å²) in [6.07, 6.45) is -7.11. The van der Waals surface area contributed by atoms with Gasteiger partial charge in [-0.2, -0.15) is 0 Å². The summed E-state index contributed by atoms with van der Waals surface area (Å²) in [5.41, 5.74) is -3.83. The van der Waals surface area contributed by atoms with E-state index in [4.69, 9.17) is 18.6 Å². The van der Waals surface area contributed by atoms with Crippen LogP contribution in [0.3, 0.4) is 0 Å². The molecular weight excluding hydrogens is 868 g/mol. The van der Waals surface area contributed by atoms with E-state index in [1.165, 1.54) is 6.07 Å². The Morgan fingerprint density at radius 2 is 1.11 bits per heavy atom. The molecule has 338 valence electrons. The Balaban J connectivity index is 1.30. The minimum absolute atomic E-state index is 0.00840. The van der Waals surface area contributed by atoms with Gasteiger partial charge in [-0.15, -0.1) is 0 Å². The molecule has 7 rings (SSSR count). The van der Waals surface area contributed by atoms with Gasteiger partial charge in [-0.1, -0.05) is 6.07 Å². The number of carbonyl (C=O) groups excluding carboxylic acids is 2. The molecule has 22 nitrogen and oxygen atoms in total. The van der Waals surface area contributed by atoms with E-state index in [0.717, 1.165) is 60.7 Å². The van der Waals surface area contributed by atoms with E-state index in [9.17, 15) is 89.7 Å². The van der Waals surface area contributed by atoms with Crippen LogP contribution in [0.15, 0.2) is 75.0 Å². The van der Waals surface area contributed by atoms with Gasteiger partial charge in [-0.05, 0) is 88.5 Å². The zero-order valence-electron chi connectivity index (χ0n) is 32.8. The maximum absolute atomic E-state index is 14.4. The summed E-state index contributed by atoms with van der Waals surface area (Å²) < 4.78 is 21.7. The molecule has 0 saturated carbocycles. The quantitative estimate of drug-likeness (QED) is 0.0755. The van der Waals surface area contributed by atoms with E-state index in [2.05, 4.69) is 0 Å². The Labute approximate surface area is 362 Å². The molecular formula is C43H34O22. The third-order valence-electron chi connectivity index (χ3n) is 11.2. The second-order valence-corrected chi connectivity index (χ2v) is 15.1. The van der Waals surface area contributed by atoms with E-state index in [1.54, 1.807) is 0 Å². The Hall–Kier alpha value is -8.37. The first-order chi connectivity index (χ1) is 30.7. The summed E-state index contributed by atoms with van der Waals surface area (Å²) >= 11 is 0. The molecule has 0 radical (unpaired) electrons. The predicted octanol–water partition coefficient (Wildman–Crippen LogP) is 1.79. The number of hydrogen-bond donors (Lipinski definition) is 11. The van der Waals surface area contributed by atoms with Gasteiger partial charge in [-0.25, -0.2) is 19.2 Å². The molecule has 1 fully saturated rings. The highest BCUT2D eigenvalue weighted by Crippen LogP contribution is 2.49. The fourth-order valence-electron chi connectivity index (χ4n) is 8.25. The van der Waals surface area contributed by atoms with Crippen molar-refractivity contribution in [1.29, 1.82) is 0 Å². The molecule has 4 aromatic rings. The summed E-state index contributed by atoms with van der Waals surface area (Å²) in [5, 5.41) is 113. The highest BCUT2D eigenvalue weighted by molar-refractivity contribution is 6.03. The lowest BCUT2D eigenvalue weighted by molar-refractivity contribution is -0.219. The van der Waals surface area contributed by atoms with Crippen LogP contribution in [-0.2, 0) is 38.2 Å². The topological polar surface area (TPSA) is 383 Å². The van der Waals surface area contributed by atoms with Crippen LogP contribution in [-0.4, -0.2) is 123 Å². The lowest BCUT2D eigenvalue weighted by Crippen LogP contribution is -2.57. The number of esters is 2. The molecule has 0 unspecified atom stereocenters. The molecule has 2 aliphatic carbocycles. The molecule has 1 aliphatic heterocycles. The molecule has 3 aliphatic rings. The monoisotopic (exact) mass is 902 g/mol. The number of aromatic hydroxyl groups is 6. The number of aliphatic hydroxyl groups excluding tert-OH is 1. The van der Waals surface area contributed by atoms with Crippen molar-refractivity contribution in [3.8, 4) is 34.5 Å². The van der Waals surface area contributed by atoms with Crippen molar-refractivity contribution in [2.45, 2.75) is 42.7 Å². The van der Waals surface area contributed by atoms with E-state index < -0.39 is 160 Å². The minimum Gasteiger partial charge on any atom is -0.504 e. The van der Waals surface area contributed by atoms with Gasteiger partial charge in [0.1, 0.15) is 12.2 Å². The summed E-state index contributed by atoms with van der Waals surface area (Å²) in [6, 6.07) is 8.72. The average molecular weight is 903 g/mol. The molecule has 11 N–H and O–H groups in total. The van der Waals surface area contributed by atoms with Crippen molar-refractivity contribution in [1.82, 2.24) is 0 Å². The molecule has 1 saturated heterocycles. The summed E-state index contributed by atoms with van der Waals surface area (Å²) in [7, 11) is 0. The fourth-order valence-corrected chi connectivity index (χ4v) is 8.25. The second kappa shape index (κ2) is 17.1. The number of fused-ring (bicyclic) bond motifs is 2. The number of benzene rings is 3. The van der Waals surface area contributed by atoms with E-state index in [1.807, 2.05) is 0 Å². The van der Waals surface area contributed by atoms with Crippen molar-refractivity contribution < 1.29 is 104 Å². The average Bonchev–Trinajstić information content (AvgIpc) is 3.23. The summed E-state index contributed by atoms with van der Waals surface area (Å²) in [5.74, 6) is -22.3. The number of phenols is 6. The molecule has 1 aromatic heterocycles. The number of carbonyl (C=O) groups is 6. The molecule has 8 atom stereocenters. The van der Waals surface area contributed by atoms with Gasteiger partial charge < -0.3 is 74.8 Å². The number of ether oxygens (including phenoxy) is 3. The van der Waals surface area contributed by atoms with Crippen LogP contribution < -0.4 is 5.63 Å². The van der Waals surface area contributed by atoms with E-state index in [-0.39, 0.29) is 27.8 Å². The SMILES string of the molecule is O=C(O)C[C@@H]1OC[C@@H](O)[C@H](OC(=O)C2=Cc3cc(O)c(O)cc3[C@H](c3ccc(C(=O)O)oc3=O)[C@H]2C(=O)O)[C@H]1OC(=O)C1=Cc2cc(O)c(O)cc2[C@H](c2ccc(O)c(O)c2)[C@@H]1C(=O)O. The highest BCUT2D eigenvalue weighted by atomic mass is 16.6. The van der Waals surface area contributed by atoms with Gasteiger partial charge in [-0.3, -0.25) is 14.4 Å². The number of aliphatic carboxylic acids is 3. The van der Waals surface area contributed by atoms with Crippen LogP contribution in [0.25, 0.3) is 12.2 Å². The molecule has 2 heterocycles. The predicted molar refractivity (Wildman–Crippen MR) is 211 cm³/mol. The summed E-state index contributed by atoms with van der Waals surface area (Å²) in [4.78, 5) is 91.6. The first-order valence-electron chi connectivity index (χ1n) is 19.0. The normalized spacial score (nSPS) is 23.4. The van der Waals surface area contributed by atoms with Gasteiger partial charge in [0.05, 0.1) is 36.0 Å². The van der Waals surface area contributed by atoms with Gasteiger partial charge in [0.2, 0.25) is 5.76 Å². The Morgan fingerprint density at radius 3 is 1.62 bits per heavy atom. The van der Waals surface area contributed by atoms with Gasteiger partial charge in [0.25, 0.3) is 0 Å². The molecule has 0 bridgehead atoms. The number of carboxylic acid groups (broad SMARTS) is 4. The van der Waals surface area contributed by atoms with Crippen molar-refractivity contribution >= 4 is 48.0 Å². The standard InChI is InChI=1S/C43H34O22/c44-22-3-1-14(7-23(22)45)32-18-10-26(48)24(46)8-15(18)5-20(34(32)39(55)56)43(61)65-37-30(12-31(51)52)62-13-28(50)36(37)64-42(60)21-6-16-9-25(47)27(49)11-19(16)33(35(21)40(57)58)17-2-4-29(38(53)54)63-41(17)59/h1-11,28,30,32-37,44-50H,12-13H2,(H,51,52)(H,53,54)(H,55,56)(H,57,58)/t28-,30+,32+,33+,34-,35+,36+,37+/m1/s1. The molecule has 3 aromatic carbocycles. The lowest BCUT2D eigenvalue weighted by atomic mass is 9.71. The van der Waals surface area contributed by atoms with E-state index >= 15 is 0 Å². The molecule has 22 heteroatoms. The molecule has 0 spiro atoms. The van der Waals surface area contributed by atoms with Crippen molar-refractivity contribution in [3.05, 3.63) is 115 Å². The van der Waals surface area contributed by atoms with Crippen LogP contribution in [0.5, 0.6) is 34.5 Å². The van der Waals surface area contributed by atoms with E-state index in [0.29, 0.717) is 0 Å². The van der Waals surface area contributed by atoms with Gasteiger partial charge >= 0.3 is 41.4 Å². The van der Waals surface area contributed by atoms with Crippen LogP contribution in [0.1, 0.15) is 62.2 Å². The van der Waals surface area contributed by atoms with Crippen LogP contribution in [0.2, 0.25) is 0 Å². The largest absolute Gasteiger partial charge is 0.504 e. The maximum Gasteiger partial charge on any atom is 0.371 e. The van der Waals surface area contributed by atoms with Crippen LogP contribution in [0, 0.1) is 11.8 Å². The lowest BCUT2D eigenvalue weighted by Gasteiger charge is -2.40. The van der Waals surface area contributed by atoms with Crippen LogP contribution >= 0.6 is 0 Å². The molecule has 65 heavy (non-hydrogen) atoms. The molecule has 0 amide bonds. The second-order valence-electron chi connectivity index (χ2n) is 15.1. The maximum atomic E-state index is 14.4. The van der Waals surface area contributed by atoms with Gasteiger partial charge in [0, 0.05) is 17.4 Å². The third-order valence-corrected chi connectivity index (χ3v) is 11.2. The number of rotatable bonds is 11. The number of hydrogen-bond acceptors (Lipinski definition) is 18. The highest BCUT2D eigenvalue weighted by Gasteiger charge is 2.50. The third kappa shape index (κ3) is 8.33. The van der Waals surface area contributed by atoms with Crippen molar-refractivity contribution in [2.24, 2.45) is 11.8 Å². The smallest absolute Gasteiger partial charge is 0.371 e. The first kappa shape index (κ1) is 44.7. The number of aromatic carboxylic acids is 1. The Bertz CT molecular complexity index is 2820. The first-order valence-corrected chi connectivity index (χ1v) is 19.0. The number of carboxylic acids is 4. The number of aliphatic hydroxyl groups is 1. The minimum atomic E-state index is -2.14. The number of phenolic OH excluding ortho intramolecular Hbond substituents is 6. The summed E-state index contributed by atoms with van der Waals surface area (Å²) in [6.45, 7) is -0.774. The Kier molecular flexibility index (Phi) is 11.7. The van der Waals surface area contributed by atoms with Gasteiger partial charge in [0.15, 0.2) is 46.7 Å². The Morgan fingerprint density at radius 1 is 0.600 bits per heavy atom. The van der Waals surface area contributed by atoms with Crippen molar-refractivity contribution in [3.63, 3.8) is 0 Å². The zero-order chi connectivity index (χ0) is 47.3. The zero-order valence-corrected chi connectivity index (χ0v) is 32.8.